The van der Waals surface area contributed by atoms with Gasteiger partial charge in [0.05, 0.1) is 29.7 Å². The molecule has 3 saturated heterocycles. The standard InChI is InChI=1S/C28H35FN4O3S/c1-31-25-8-7-24(26(29)27(25)30-28(31)20-3-5-23(6-4-20)37(2,34)35)19-9-13-32(14-10-19)21-11-15-33(16-12-21)22-17-36-18-22/h3-8,19,21-22H,9-18H2,1-2H3. The molecule has 198 valence electrons. The third kappa shape index (κ3) is 4.71. The number of hydrogen-bond acceptors (Lipinski definition) is 6. The van der Waals surface area contributed by atoms with Crippen LogP contribution in [0.25, 0.3) is 22.4 Å². The molecule has 0 spiro atoms. The Bertz CT molecular complexity index is 1390. The molecule has 0 saturated carbocycles. The molecular weight excluding hydrogens is 491 g/mol. The Morgan fingerprint density at radius 1 is 0.892 bits per heavy atom. The molecule has 3 aliphatic heterocycles. The zero-order chi connectivity index (χ0) is 25.7. The number of halogens is 1. The van der Waals surface area contributed by atoms with E-state index in [0.717, 1.165) is 68.9 Å². The van der Waals surface area contributed by atoms with Crippen molar-refractivity contribution in [2.75, 3.05) is 45.6 Å². The van der Waals surface area contributed by atoms with Gasteiger partial charge >= 0.3 is 0 Å². The van der Waals surface area contributed by atoms with Crippen LogP contribution in [0.2, 0.25) is 0 Å². The van der Waals surface area contributed by atoms with Crippen molar-refractivity contribution >= 4 is 20.9 Å². The van der Waals surface area contributed by atoms with Crippen LogP contribution < -0.4 is 0 Å². The van der Waals surface area contributed by atoms with Crippen molar-refractivity contribution in [3.63, 3.8) is 0 Å². The van der Waals surface area contributed by atoms with Crippen LogP contribution in [0.4, 0.5) is 4.39 Å². The third-order valence-corrected chi connectivity index (χ3v) is 9.81. The van der Waals surface area contributed by atoms with Gasteiger partial charge in [0.1, 0.15) is 11.3 Å². The van der Waals surface area contributed by atoms with E-state index in [1.807, 2.05) is 23.7 Å². The highest BCUT2D eigenvalue weighted by Gasteiger charge is 2.33. The van der Waals surface area contributed by atoms with Crippen molar-refractivity contribution in [2.45, 2.75) is 48.6 Å². The molecule has 0 atom stereocenters. The number of ether oxygens (including phenoxy) is 1. The molecule has 7 nitrogen and oxygen atoms in total. The normalized spacial score (nSPS) is 21.5. The Labute approximate surface area is 218 Å². The lowest BCUT2D eigenvalue weighted by Crippen LogP contribution is -2.55. The summed E-state index contributed by atoms with van der Waals surface area (Å²) in [4.78, 5) is 10.1. The van der Waals surface area contributed by atoms with Gasteiger partial charge in [0.2, 0.25) is 0 Å². The number of imidazole rings is 1. The topological polar surface area (TPSA) is 67.7 Å². The third-order valence-electron chi connectivity index (χ3n) is 8.68. The summed E-state index contributed by atoms with van der Waals surface area (Å²) in [5.74, 6) is 0.606. The SMILES string of the molecule is Cn1c(-c2ccc(S(C)(=O)=O)cc2)nc2c(F)c(C3CCN(C4CCN(C5COC5)CC4)CC3)ccc21. The Hall–Kier alpha value is -2.33. The van der Waals surface area contributed by atoms with Crippen molar-refractivity contribution in [3.05, 3.63) is 47.8 Å². The minimum absolute atomic E-state index is 0.201. The van der Waals surface area contributed by atoms with Gasteiger partial charge in [0.25, 0.3) is 0 Å². The lowest BCUT2D eigenvalue weighted by Gasteiger charge is -2.45. The summed E-state index contributed by atoms with van der Waals surface area (Å²) < 4.78 is 46.6. The largest absolute Gasteiger partial charge is 0.378 e. The van der Waals surface area contributed by atoms with E-state index in [1.165, 1.54) is 19.1 Å². The summed E-state index contributed by atoms with van der Waals surface area (Å²) in [6.45, 7) is 6.11. The lowest BCUT2D eigenvalue weighted by atomic mass is 9.87. The second-order valence-electron chi connectivity index (χ2n) is 10.9. The quantitative estimate of drug-likeness (QED) is 0.504. The molecule has 0 unspecified atom stereocenters. The van der Waals surface area contributed by atoms with Gasteiger partial charge in [-0.1, -0.05) is 6.07 Å². The van der Waals surface area contributed by atoms with Gasteiger partial charge in [-0.2, -0.15) is 0 Å². The number of sulfone groups is 1. The van der Waals surface area contributed by atoms with E-state index in [0.29, 0.717) is 23.4 Å². The van der Waals surface area contributed by atoms with Crippen LogP contribution in [0, 0.1) is 5.82 Å². The Morgan fingerprint density at radius 3 is 2.11 bits per heavy atom. The number of piperidine rings is 2. The van der Waals surface area contributed by atoms with E-state index in [1.54, 1.807) is 24.3 Å². The molecular formula is C28H35FN4O3S. The first kappa shape index (κ1) is 25.0. The maximum atomic E-state index is 15.8. The van der Waals surface area contributed by atoms with Gasteiger partial charge in [-0.3, -0.25) is 4.90 Å². The molecule has 1 aromatic heterocycles. The van der Waals surface area contributed by atoms with Gasteiger partial charge in [-0.25, -0.2) is 17.8 Å². The number of fused-ring (bicyclic) bond motifs is 1. The molecule has 2 aromatic carbocycles. The lowest BCUT2D eigenvalue weighted by molar-refractivity contribution is -0.0768. The predicted molar refractivity (Wildman–Crippen MR) is 142 cm³/mol. The maximum absolute atomic E-state index is 15.8. The van der Waals surface area contributed by atoms with E-state index in [9.17, 15) is 8.42 Å². The fraction of sp³-hybridized carbons (Fsp3) is 0.536. The molecule has 0 bridgehead atoms. The first-order chi connectivity index (χ1) is 17.8. The zero-order valence-electron chi connectivity index (χ0n) is 21.6. The molecule has 6 rings (SSSR count). The number of likely N-dealkylation sites (tertiary alicyclic amines) is 2. The summed E-state index contributed by atoms with van der Waals surface area (Å²) in [5, 5.41) is 0. The number of benzene rings is 2. The molecule has 37 heavy (non-hydrogen) atoms. The highest BCUT2D eigenvalue weighted by Crippen LogP contribution is 2.36. The van der Waals surface area contributed by atoms with Crippen molar-refractivity contribution in [1.29, 1.82) is 0 Å². The number of rotatable bonds is 5. The second kappa shape index (κ2) is 9.76. The van der Waals surface area contributed by atoms with Crippen LogP contribution in [-0.2, 0) is 21.6 Å². The number of aromatic nitrogens is 2. The van der Waals surface area contributed by atoms with Crippen LogP contribution >= 0.6 is 0 Å². The van der Waals surface area contributed by atoms with Crippen molar-refractivity contribution in [1.82, 2.24) is 19.4 Å². The average Bonchev–Trinajstić information content (AvgIpc) is 3.21. The molecule has 9 heteroatoms. The summed E-state index contributed by atoms with van der Waals surface area (Å²) in [5.41, 5.74) is 2.65. The van der Waals surface area contributed by atoms with Gasteiger partial charge in [-0.15, -0.1) is 0 Å². The monoisotopic (exact) mass is 526 g/mol. The van der Waals surface area contributed by atoms with Crippen LogP contribution in [-0.4, -0.2) is 85.5 Å². The van der Waals surface area contributed by atoms with Gasteiger partial charge < -0.3 is 14.2 Å². The summed E-state index contributed by atoms with van der Waals surface area (Å²) >= 11 is 0. The highest BCUT2D eigenvalue weighted by atomic mass is 32.2. The van der Waals surface area contributed by atoms with Crippen LogP contribution in [0.3, 0.4) is 0 Å². The fourth-order valence-electron chi connectivity index (χ4n) is 6.29. The predicted octanol–water partition coefficient (Wildman–Crippen LogP) is 3.83. The second-order valence-corrected chi connectivity index (χ2v) is 12.9. The molecule has 4 heterocycles. The fourth-order valence-corrected chi connectivity index (χ4v) is 6.92. The van der Waals surface area contributed by atoms with Crippen molar-refractivity contribution in [3.8, 4) is 11.4 Å². The van der Waals surface area contributed by atoms with Crippen molar-refractivity contribution < 1.29 is 17.5 Å². The molecule has 3 aromatic rings. The number of hydrogen-bond donors (Lipinski definition) is 0. The van der Waals surface area contributed by atoms with Gasteiger partial charge in [0, 0.05) is 38.0 Å². The number of aryl methyl sites for hydroxylation is 1. The molecule has 0 radical (unpaired) electrons. The van der Waals surface area contributed by atoms with E-state index in [4.69, 9.17) is 4.74 Å². The minimum atomic E-state index is -3.27. The van der Waals surface area contributed by atoms with E-state index in [2.05, 4.69) is 14.8 Å². The average molecular weight is 527 g/mol. The Balaban J connectivity index is 1.15. The minimum Gasteiger partial charge on any atom is -0.378 e. The van der Waals surface area contributed by atoms with Gasteiger partial charge in [-0.05, 0) is 80.6 Å². The molecule has 3 fully saturated rings. The first-order valence-electron chi connectivity index (χ1n) is 13.3. The van der Waals surface area contributed by atoms with Crippen LogP contribution in [0.15, 0.2) is 41.3 Å². The molecule has 0 aliphatic carbocycles. The van der Waals surface area contributed by atoms with E-state index >= 15 is 4.39 Å². The summed E-state index contributed by atoms with van der Waals surface area (Å²) in [7, 11) is -1.40. The van der Waals surface area contributed by atoms with Crippen molar-refractivity contribution in [2.24, 2.45) is 7.05 Å². The van der Waals surface area contributed by atoms with E-state index in [-0.39, 0.29) is 16.6 Å². The smallest absolute Gasteiger partial charge is 0.175 e. The Kier molecular flexibility index (Phi) is 6.59. The first-order valence-corrected chi connectivity index (χ1v) is 15.2. The van der Waals surface area contributed by atoms with Crippen LogP contribution in [0.5, 0.6) is 0 Å². The van der Waals surface area contributed by atoms with Crippen LogP contribution in [0.1, 0.15) is 37.2 Å². The molecule has 3 aliphatic rings. The van der Waals surface area contributed by atoms with E-state index < -0.39 is 9.84 Å². The highest BCUT2D eigenvalue weighted by molar-refractivity contribution is 7.90. The molecule has 0 N–H and O–H groups in total. The van der Waals surface area contributed by atoms with Gasteiger partial charge in [0.15, 0.2) is 15.7 Å². The summed E-state index contributed by atoms with van der Waals surface area (Å²) in [6, 6.07) is 11.8. The Morgan fingerprint density at radius 2 is 1.51 bits per heavy atom. The zero-order valence-corrected chi connectivity index (χ0v) is 22.4. The maximum Gasteiger partial charge on any atom is 0.175 e. The number of nitrogens with zero attached hydrogens (tertiary/aromatic N) is 4. The molecule has 0 amide bonds. The summed E-state index contributed by atoms with van der Waals surface area (Å²) in [6.07, 6.45) is 5.54.